The minimum Gasteiger partial charge on any atom is -0.289 e. The molecule has 3 aromatic rings. The Hall–Kier alpha value is -2.80. The Morgan fingerprint density at radius 2 is 1.78 bits per heavy atom. The highest BCUT2D eigenvalue weighted by molar-refractivity contribution is 6.34. The third-order valence-electron chi connectivity index (χ3n) is 3.00. The summed E-state index contributed by atoms with van der Waals surface area (Å²) >= 11 is 5.92. The van der Waals surface area contributed by atoms with Gasteiger partial charge < -0.3 is 0 Å². The van der Waals surface area contributed by atoms with Gasteiger partial charge in [0.1, 0.15) is 12.0 Å². The topological polar surface area (TPSA) is 59.8 Å². The van der Waals surface area contributed by atoms with Crippen molar-refractivity contribution in [2.75, 3.05) is 5.32 Å². The van der Waals surface area contributed by atoms with Crippen molar-refractivity contribution < 1.29 is 13.6 Å². The second-order valence-electron chi connectivity index (χ2n) is 4.52. The molecule has 0 radical (unpaired) electrons. The Labute approximate surface area is 134 Å². The lowest BCUT2D eigenvalue weighted by Gasteiger charge is -2.04. The van der Waals surface area contributed by atoms with Crippen molar-refractivity contribution in [3.63, 3.8) is 0 Å². The third kappa shape index (κ3) is 3.04. The molecule has 0 aliphatic carbocycles. The fourth-order valence-corrected chi connectivity index (χ4v) is 2.17. The molecule has 5 nitrogen and oxygen atoms in total. The Kier molecular flexibility index (Phi) is 4.03. The van der Waals surface area contributed by atoms with Crippen LogP contribution in [0.5, 0.6) is 0 Å². The third-order valence-corrected chi connectivity index (χ3v) is 3.33. The van der Waals surface area contributed by atoms with E-state index in [9.17, 15) is 13.6 Å². The van der Waals surface area contributed by atoms with Crippen LogP contribution in [0.1, 0.15) is 10.4 Å². The molecule has 0 saturated heterocycles. The zero-order valence-electron chi connectivity index (χ0n) is 11.5. The number of hydrogen-bond acceptors (Lipinski definition) is 3. The SMILES string of the molecule is O=C(Nc1ncn(-c2c(F)cccc2F)n1)c1ccccc1Cl. The smallest absolute Gasteiger partial charge is 0.259 e. The van der Waals surface area contributed by atoms with E-state index >= 15 is 0 Å². The molecule has 116 valence electrons. The Bertz CT molecular complexity index is 861. The minimum absolute atomic E-state index is 0.0995. The maximum absolute atomic E-state index is 13.7. The first kappa shape index (κ1) is 15.1. The van der Waals surface area contributed by atoms with Gasteiger partial charge in [-0.05, 0) is 24.3 Å². The molecule has 2 aromatic carbocycles. The van der Waals surface area contributed by atoms with Crippen molar-refractivity contribution in [2.24, 2.45) is 0 Å². The van der Waals surface area contributed by atoms with E-state index in [0.717, 1.165) is 23.1 Å². The van der Waals surface area contributed by atoms with Crippen LogP contribution in [0.3, 0.4) is 0 Å². The lowest BCUT2D eigenvalue weighted by molar-refractivity contribution is 0.102. The fraction of sp³-hybridized carbons (Fsp3) is 0. The summed E-state index contributed by atoms with van der Waals surface area (Å²) in [6.07, 6.45) is 1.10. The summed E-state index contributed by atoms with van der Waals surface area (Å²) in [4.78, 5) is 15.9. The van der Waals surface area contributed by atoms with E-state index in [0.29, 0.717) is 0 Å². The maximum Gasteiger partial charge on any atom is 0.259 e. The van der Waals surface area contributed by atoms with Gasteiger partial charge in [-0.3, -0.25) is 10.1 Å². The standard InChI is InChI=1S/C15H9ClF2N4O/c16-10-5-2-1-4-9(10)14(23)20-15-19-8-22(21-15)13-11(17)6-3-7-12(13)18/h1-8H,(H,20,21,23). The molecule has 1 heterocycles. The zero-order chi connectivity index (χ0) is 16.4. The van der Waals surface area contributed by atoms with E-state index in [-0.39, 0.29) is 22.2 Å². The molecule has 1 aromatic heterocycles. The Balaban J connectivity index is 1.86. The molecule has 0 bridgehead atoms. The van der Waals surface area contributed by atoms with Gasteiger partial charge in [0, 0.05) is 0 Å². The monoisotopic (exact) mass is 334 g/mol. The van der Waals surface area contributed by atoms with Crippen molar-refractivity contribution in [1.82, 2.24) is 14.8 Å². The van der Waals surface area contributed by atoms with Crippen LogP contribution in [0.15, 0.2) is 48.8 Å². The van der Waals surface area contributed by atoms with E-state index < -0.39 is 17.5 Å². The summed E-state index contributed by atoms with van der Waals surface area (Å²) < 4.78 is 28.3. The summed E-state index contributed by atoms with van der Waals surface area (Å²) in [5.74, 6) is -2.21. The number of aromatic nitrogens is 3. The average molecular weight is 335 g/mol. The van der Waals surface area contributed by atoms with Gasteiger partial charge in [-0.15, -0.1) is 5.10 Å². The molecule has 8 heteroatoms. The quantitative estimate of drug-likeness (QED) is 0.798. The molecular weight excluding hydrogens is 326 g/mol. The lowest BCUT2D eigenvalue weighted by atomic mass is 10.2. The van der Waals surface area contributed by atoms with Crippen LogP contribution in [0, 0.1) is 11.6 Å². The van der Waals surface area contributed by atoms with E-state index in [2.05, 4.69) is 15.4 Å². The molecule has 3 rings (SSSR count). The average Bonchev–Trinajstić information content (AvgIpc) is 2.95. The van der Waals surface area contributed by atoms with Gasteiger partial charge in [0.2, 0.25) is 5.95 Å². The zero-order valence-corrected chi connectivity index (χ0v) is 12.3. The molecule has 0 saturated carbocycles. The summed E-state index contributed by atoms with van der Waals surface area (Å²) in [5, 5.41) is 6.53. The number of amides is 1. The Morgan fingerprint density at radius 3 is 2.48 bits per heavy atom. The summed E-state index contributed by atoms with van der Waals surface area (Å²) in [6.45, 7) is 0. The summed E-state index contributed by atoms with van der Waals surface area (Å²) in [6, 6.07) is 9.88. The van der Waals surface area contributed by atoms with Crippen molar-refractivity contribution in [3.05, 3.63) is 71.0 Å². The number of halogens is 3. The van der Waals surface area contributed by atoms with Crippen LogP contribution in [0.25, 0.3) is 5.69 Å². The van der Waals surface area contributed by atoms with Crippen molar-refractivity contribution in [1.29, 1.82) is 0 Å². The molecule has 0 atom stereocenters. The van der Waals surface area contributed by atoms with Gasteiger partial charge in [0.25, 0.3) is 5.91 Å². The van der Waals surface area contributed by atoms with Crippen molar-refractivity contribution >= 4 is 23.5 Å². The minimum atomic E-state index is -0.793. The largest absolute Gasteiger partial charge is 0.289 e. The van der Waals surface area contributed by atoms with Crippen LogP contribution >= 0.6 is 11.6 Å². The highest BCUT2D eigenvalue weighted by atomic mass is 35.5. The number of nitrogens with one attached hydrogen (secondary N) is 1. The van der Waals surface area contributed by atoms with Gasteiger partial charge in [-0.1, -0.05) is 29.8 Å². The van der Waals surface area contributed by atoms with Crippen LogP contribution in [-0.4, -0.2) is 20.7 Å². The van der Waals surface area contributed by atoms with Gasteiger partial charge in [-0.25, -0.2) is 13.5 Å². The van der Waals surface area contributed by atoms with Gasteiger partial charge >= 0.3 is 0 Å². The normalized spacial score (nSPS) is 10.6. The molecule has 1 N–H and O–H groups in total. The fourth-order valence-electron chi connectivity index (χ4n) is 1.95. The molecule has 0 aliphatic heterocycles. The van der Waals surface area contributed by atoms with Gasteiger partial charge in [0.15, 0.2) is 11.6 Å². The number of anilines is 1. The van der Waals surface area contributed by atoms with E-state index in [1.807, 2.05) is 0 Å². The van der Waals surface area contributed by atoms with Crippen LogP contribution < -0.4 is 5.32 Å². The summed E-state index contributed by atoms with van der Waals surface area (Å²) in [5.41, 5.74) is -0.138. The molecule has 0 aliphatic rings. The number of carbonyl (C=O) groups excluding carboxylic acids is 1. The molecule has 1 amide bonds. The van der Waals surface area contributed by atoms with Crippen molar-refractivity contribution in [2.45, 2.75) is 0 Å². The highest BCUT2D eigenvalue weighted by Gasteiger charge is 2.15. The van der Waals surface area contributed by atoms with Crippen LogP contribution in [0.4, 0.5) is 14.7 Å². The first-order chi connectivity index (χ1) is 11.1. The number of rotatable bonds is 3. The van der Waals surface area contributed by atoms with Gasteiger partial charge in [-0.2, -0.15) is 4.98 Å². The predicted molar refractivity (Wildman–Crippen MR) is 80.7 cm³/mol. The highest BCUT2D eigenvalue weighted by Crippen LogP contribution is 2.18. The van der Waals surface area contributed by atoms with Crippen molar-refractivity contribution in [3.8, 4) is 5.69 Å². The first-order valence-electron chi connectivity index (χ1n) is 6.48. The van der Waals surface area contributed by atoms with E-state index in [1.165, 1.54) is 12.1 Å². The maximum atomic E-state index is 13.7. The molecule has 0 unspecified atom stereocenters. The second kappa shape index (κ2) is 6.13. The first-order valence-corrected chi connectivity index (χ1v) is 6.86. The predicted octanol–water partition coefficient (Wildman–Crippen LogP) is 3.45. The molecule has 0 fully saturated rings. The number of benzene rings is 2. The van der Waals surface area contributed by atoms with E-state index in [4.69, 9.17) is 11.6 Å². The van der Waals surface area contributed by atoms with E-state index in [1.54, 1.807) is 18.2 Å². The molecular formula is C15H9ClF2N4O. The summed E-state index contributed by atoms with van der Waals surface area (Å²) in [7, 11) is 0. The molecule has 0 spiro atoms. The lowest BCUT2D eigenvalue weighted by Crippen LogP contribution is -2.14. The number of para-hydroxylation sites is 1. The van der Waals surface area contributed by atoms with Crippen LogP contribution in [0.2, 0.25) is 5.02 Å². The second-order valence-corrected chi connectivity index (χ2v) is 4.92. The number of nitrogens with zero attached hydrogens (tertiary/aromatic N) is 3. The number of hydrogen-bond donors (Lipinski definition) is 1. The van der Waals surface area contributed by atoms with Crippen LogP contribution in [-0.2, 0) is 0 Å². The molecule has 23 heavy (non-hydrogen) atoms. The number of carbonyl (C=O) groups is 1. The Morgan fingerprint density at radius 1 is 1.09 bits per heavy atom. The van der Waals surface area contributed by atoms with Gasteiger partial charge in [0.05, 0.1) is 10.6 Å².